The lowest BCUT2D eigenvalue weighted by molar-refractivity contribution is 0.603. The van der Waals surface area contributed by atoms with Crippen LogP contribution in [0.25, 0.3) is 10.4 Å². The zero-order chi connectivity index (χ0) is 12.5. The summed E-state index contributed by atoms with van der Waals surface area (Å²) in [6.07, 6.45) is 0. The highest BCUT2D eigenvalue weighted by molar-refractivity contribution is 7.15. The Kier molecular flexibility index (Phi) is 3.16. The molecule has 0 aliphatic rings. The molecule has 2 heteroatoms. The van der Waals surface area contributed by atoms with Gasteiger partial charge in [-0.3, -0.25) is 4.79 Å². The maximum absolute atomic E-state index is 11.7. The summed E-state index contributed by atoms with van der Waals surface area (Å²) in [7, 11) is 0. The van der Waals surface area contributed by atoms with Crippen molar-refractivity contribution in [2.24, 2.45) is 0 Å². The molecule has 88 valence electrons. The van der Waals surface area contributed by atoms with Gasteiger partial charge < -0.3 is 0 Å². The molecule has 0 saturated heterocycles. The molecule has 0 unspecified atom stereocenters. The van der Waals surface area contributed by atoms with Gasteiger partial charge in [0.15, 0.2) is 5.43 Å². The molecule has 0 atom stereocenters. The van der Waals surface area contributed by atoms with Crippen LogP contribution in [0.1, 0.15) is 25.6 Å². The Hall–Kier alpha value is -1.41. The van der Waals surface area contributed by atoms with Crippen molar-refractivity contribution < 1.29 is 0 Å². The topological polar surface area (TPSA) is 17.1 Å². The summed E-state index contributed by atoms with van der Waals surface area (Å²) in [5.41, 5.74) is 1.22. The Morgan fingerprint density at radius 2 is 1.65 bits per heavy atom. The van der Waals surface area contributed by atoms with Gasteiger partial charge in [-0.25, -0.2) is 0 Å². The first-order valence-electron chi connectivity index (χ1n) is 5.68. The van der Waals surface area contributed by atoms with Crippen molar-refractivity contribution in [2.45, 2.75) is 26.2 Å². The molecule has 0 bridgehead atoms. The predicted octanol–water partition coefficient (Wildman–Crippen LogP) is 4.07. The van der Waals surface area contributed by atoms with Gasteiger partial charge >= 0.3 is 0 Å². The third kappa shape index (κ3) is 2.83. The lowest BCUT2D eigenvalue weighted by atomic mass is 9.95. The highest BCUT2D eigenvalue weighted by Gasteiger charge is 2.16. The largest absolute Gasteiger partial charge is 0.290 e. The quantitative estimate of drug-likeness (QED) is 0.739. The van der Waals surface area contributed by atoms with Gasteiger partial charge in [0.05, 0.1) is 0 Å². The first-order chi connectivity index (χ1) is 7.97. The van der Waals surface area contributed by atoms with Crippen molar-refractivity contribution >= 4 is 11.3 Å². The van der Waals surface area contributed by atoms with E-state index in [1.165, 1.54) is 0 Å². The second-order valence-corrected chi connectivity index (χ2v) is 6.22. The minimum Gasteiger partial charge on any atom is -0.290 e. The molecule has 0 amide bonds. The lowest BCUT2D eigenvalue weighted by Crippen LogP contribution is -2.13. The van der Waals surface area contributed by atoms with Crippen LogP contribution in [-0.2, 0) is 5.41 Å². The zero-order valence-corrected chi connectivity index (χ0v) is 11.2. The third-order valence-corrected chi connectivity index (χ3v) is 4.09. The van der Waals surface area contributed by atoms with E-state index in [0.29, 0.717) is 0 Å². The summed E-state index contributed by atoms with van der Waals surface area (Å²) >= 11 is 1.70. The van der Waals surface area contributed by atoms with E-state index in [9.17, 15) is 4.79 Å². The van der Waals surface area contributed by atoms with E-state index >= 15 is 0 Å². The fourth-order valence-corrected chi connectivity index (χ4v) is 2.74. The fourth-order valence-electron chi connectivity index (χ4n) is 1.59. The Balaban J connectivity index is 2.58. The van der Waals surface area contributed by atoms with Crippen LogP contribution in [0, 0.1) is 0 Å². The summed E-state index contributed by atoms with van der Waals surface area (Å²) in [4.78, 5) is 13.9. The Bertz CT molecular complexity index is 561. The monoisotopic (exact) mass is 244 g/mol. The predicted molar refractivity (Wildman–Crippen MR) is 74.7 cm³/mol. The zero-order valence-electron chi connectivity index (χ0n) is 10.4. The molecule has 0 fully saturated rings. The van der Waals surface area contributed by atoms with Crippen molar-refractivity contribution in [3.63, 3.8) is 0 Å². The molecule has 17 heavy (non-hydrogen) atoms. The van der Waals surface area contributed by atoms with E-state index in [2.05, 4.69) is 20.8 Å². The van der Waals surface area contributed by atoms with Crippen molar-refractivity contribution in [3.8, 4) is 10.4 Å². The molecule has 0 saturated carbocycles. The number of benzene rings is 1. The number of rotatable bonds is 1. The van der Waals surface area contributed by atoms with E-state index in [-0.39, 0.29) is 10.8 Å². The van der Waals surface area contributed by atoms with Gasteiger partial charge in [0.25, 0.3) is 0 Å². The molecular formula is C15H16OS. The van der Waals surface area contributed by atoms with Crippen LogP contribution in [0.3, 0.4) is 0 Å². The van der Waals surface area contributed by atoms with Crippen LogP contribution < -0.4 is 5.43 Å². The highest BCUT2D eigenvalue weighted by Crippen LogP contribution is 2.31. The average Bonchev–Trinajstić information content (AvgIpc) is 2.28. The van der Waals surface area contributed by atoms with Crippen molar-refractivity contribution in [3.05, 3.63) is 57.6 Å². The Morgan fingerprint density at radius 1 is 1.00 bits per heavy atom. The van der Waals surface area contributed by atoms with Crippen LogP contribution >= 0.6 is 11.3 Å². The van der Waals surface area contributed by atoms with Gasteiger partial charge in [0.2, 0.25) is 0 Å². The van der Waals surface area contributed by atoms with Crippen LogP contribution in [0.15, 0.2) is 47.3 Å². The minimum absolute atomic E-state index is 0.0224. The van der Waals surface area contributed by atoms with Crippen molar-refractivity contribution in [2.75, 3.05) is 0 Å². The highest BCUT2D eigenvalue weighted by atomic mass is 32.1. The first-order valence-corrected chi connectivity index (χ1v) is 6.49. The third-order valence-electron chi connectivity index (χ3n) is 2.56. The van der Waals surface area contributed by atoms with Crippen LogP contribution in [0.5, 0.6) is 0 Å². The summed E-state index contributed by atoms with van der Waals surface area (Å²) in [5.74, 6) is 0. The van der Waals surface area contributed by atoms with E-state index in [1.807, 2.05) is 30.3 Å². The van der Waals surface area contributed by atoms with Gasteiger partial charge in [0, 0.05) is 15.8 Å². The molecule has 2 rings (SSSR count). The summed E-state index contributed by atoms with van der Waals surface area (Å²) in [5, 5.41) is 0. The SMILES string of the molecule is CC(C)(C)c1cc(=O)cc(-c2ccccc2)s1. The normalized spacial score (nSPS) is 11.5. The average molecular weight is 244 g/mol. The fraction of sp³-hybridized carbons (Fsp3) is 0.267. The van der Waals surface area contributed by atoms with Gasteiger partial charge in [-0.1, -0.05) is 51.1 Å². The summed E-state index contributed by atoms with van der Waals surface area (Å²) < 4.78 is 0. The molecule has 2 aromatic rings. The minimum atomic E-state index is 0.0224. The molecule has 1 nitrogen and oxygen atoms in total. The molecule has 0 N–H and O–H groups in total. The maximum Gasteiger partial charge on any atom is 0.181 e. The van der Waals surface area contributed by atoms with E-state index in [1.54, 1.807) is 23.5 Å². The summed E-state index contributed by atoms with van der Waals surface area (Å²) in [6.45, 7) is 6.40. The van der Waals surface area contributed by atoms with Gasteiger partial charge in [0.1, 0.15) is 0 Å². The molecule has 1 aromatic heterocycles. The number of hydrogen-bond donors (Lipinski definition) is 0. The van der Waals surface area contributed by atoms with Gasteiger partial charge in [-0.05, 0) is 17.0 Å². The smallest absolute Gasteiger partial charge is 0.181 e. The van der Waals surface area contributed by atoms with Crippen LogP contribution in [0.2, 0.25) is 0 Å². The molecule has 1 heterocycles. The van der Waals surface area contributed by atoms with Gasteiger partial charge in [-0.15, -0.1) is 11.3 Å². The Labute approximate surface area is 106 Å². The van der Waals surface area contributed by atoms with E-state index < -0.39 is 0 Å². The first kappa shape index (κ1) is 12.1. The lowest BCUT2D eigenvalue weighted by Gasteiger charge is -2.18. The van der Waals surface area contributed by atoms with Crippen molar-refractivity contribution in [1.29, 1.82) is 0 Å². The van der Waals surface area contributed by atoms with Crippen LogP contribution in [0.4, 0.5) is 0 Å². The number of hydrogen-bond acceptors (Lipinski definition) is 2. The molecule has 1 aromatic carbocycles. The second kappa shape index (κ2) is 4.46. The summed E-state index contributed by atoms with van der Waals surface area (Å²) in [6, 6.07) is 13.5. The molecule has 0 aliphatic heterocycles. The van der Waals surface area contributed by atoms with E-state index in [0.717, 1.165) is 15.3 Å². The second-order valence-electron chi connectivity index (χ2n) is 5.14. The van der Waals surface area contributed by atoms with Gasteiger partial charge in [-0.2, -0.15) is 0 Å². The van der Waals surface area contributed by atoms with Crippen molar-refractivity contribution in [1.82, 2.24) is 0 Å². The molecule has 0 aliphatic carbocycles. The maximum atomic E-state index is 11.7. The molecular weight excluding hydrogens is 228 g/mol. The molecule has 0 spiro atoms. The standard InChI is InChI=1S/C15H16OS/c1-15(2,3)14-10-12(16)9-13(17-14)11-7-5-4-6-8-11/h4-10H,1-3H3. The van der Waals surface area contributed by atoms with E-state index in [4.69, 9.17) is 0 Å². The Morgan fingerprint density at radius 3 is 2.24 bits per heavy atom. The van der Waals surface area contributed by atoms with Crippen LogP contribution in [-0.4, -0.2) is 0 Å². The molecule has 0 radical (unpaired) electrons.